The van der Waals surface area contributed by atoms with Crippen LogP contribution in [0.25, 0.3) is 0 Å². The second kappa shape index (κ2) is 5.98. The van der Waals surface area contributed by atoms with Gasteiger partial charge in [-0.15, -0.1) is 0 Å². The third-order valence-corrected chi connectivity index (χ3v) is 4.28. The largest absolute Gasteiger partial charge is 0.456 e. The van der Waals surface area contributed by atoms with Crippen molar-refractivity contribution in [3.8, 4) is 0 Å². The molecule has 128 valence electrons. The van der Waals surface area contributed by atoms with E-state index in [2.05, 4.69) is 0 Å². The van der Waals surface area contributed by atoms with E-state index in [4.69, 9.17) is 19.3 Å². The first-order chi connectivity index (χ1) is 10.1. The van der Waals surface area contributed by atoms with Gasteiger partial charge in [0.25, 0.3) is 0 Å². The van der Waals surface area contributed by atoms with Gasteiger partial charge in [0, 0.05) is 6.42 Å². The quantitative estimate of drug-likeness (QED) is 0.805. The second-order valence-electron chi connectivity index (χ2n) is 6.31. The molecule has 0 aromatic heterocycles. The summed E-state index contributed by atoms with van der Waals surface area (Å²) in [5, 5.41) is 9.12. The normalized spacial score (nSPS) is 33.2. The Hall–Kier alpha value is -0.860. The Labute approximate surface area is 126 Å². The number of rotatable bonds is 3. The Kier molecular flexibility index (Phi) is 4.75. The number of aliphatic hydroxyl groups excluding tert-OH is 1. The molecule has 22 heavy (non-hydrogen) atoms. The van der Waals surface area contributed by atoms with Crippen LogP contribution in [-0.4, -0.2) is 48.5 Å². The van der Waals surface area contributed by atoms with Gasteiger partial charge in [-0.25, -0.2) is 0 Å². The maximum Gasteiger partial charge on any atom is 0.404 e. The molecule has 1 spiro atoms. The number of halogens is 3. The molecule has 8 heteroatoms. The molecule has 3 unspecified atom stereocenters. The Morgan fingerprint density at radius 3 is 2.59 bits per heavy atom. The van der Waals surface area contributed by atoms with Crippen molar-refractivity contribution in [1.29, 1.82) is 0 Å². The van der Waals surface area contributed by atoms with Crippen molar-refractivity contribution in [1.82, 2.24) is 0 Å². The minimum Gasteiger partial charge on any atom is -0.456 e. The Balaban J connectivity index is 2.11. The van der Waals surface area contributed by atoms with Gasteiger partial charge in [-0.2, -0.15) is 13.2 Å². The fraction of sp³-hybridized carbons (Fsp3) is 0.929. The van der Waals surface area contributed by atoms with Gasteiger partial charge >= 0.3 is 12.1 Å². The number of carbonyl (C=O) groups excluding carboxylic acids is 1. The summed E-state index contributed by atoms with van der Waals surface area (Å²) in [6.07, 6.45) is -3.87. The molecule has 0 bridgehead atoms. The number of esters is 1. The van der Waals surface area contributed by atoms with Gasteiger partial charge in [-0.3, -0.25) is 4.79 Å². The number of ether oxygens (including phenoxy) is 3. The average molecular weight is 326 g/mol. The zero-order valence-electron chi connectivity index (χ0n) is 12.6. The molecular formula is C14H21F3O5. The fourth-order valence-electron chi connectivity index (χ4n) is 2.60. The third-order valence-electron chi connectivity index (χ3n) is 4.28. The monoisotopic (exact) mass is 326 g/mol. The van der Waals surface area contributed by atoms with E-state index in [0.717, 1.165) is 20.3 Å². The lowest BCUT2D eigenvalue weighted by molar-refractivity contribution is -0.268. The molecule has 1 saturated carbocycles. The van der Waals surface area contributed by atoms with Gasteiger partial charge in [-0.05, 0) is 33.1 Å². The van der Waals surface area contributed by atoms with Crippen molar-refractivity contribution >= 4 is 5.97 Å². The lowest BCUT2D eigenvalue weighted by Gasteiger charge is -2.40. The van der Waals surface area contributed by atoms with Gasteiger partial charge in [-0.1, -0.05) is 0 Å². The first kappa shape index (κ1) is 17.5. The maximum absolute atomic E-state index is 12.9. The van der Waals surface area contributed by atoms with Crippen LogP contribution < -0.4 is 0 Å². The van der Waals surface area contributed by atoms with Gasteiger partial charge in [0.2, 0.25) is 5.79 Å². The predicted molar refractivity (Wildman–Crippen MR) is 68.8 cm³/mol. The van der Waals surface area contributed by atoms with Crippen LogP contribution in [-0.2, 0) is 19.0 Å². The summed E-state index contributed by atoms with van der Waals surface area (Å²) >= 11 is 0. The van der Waals surface area contributed by atoms with Crippen LogP contribution in [0.2, 0.25) is 0 Å². The highest BCUT2D eigenvalue weighted by Crippen LogP contribution is 2.43. The third kappa shape index (κ3) is 3.09. The van der Waals surface area contributed by atoms with E-state index in [1.165, 1.54) is 0 Å². The van der Waals surface area contributed by atoms with Crippen LogP contribution in [0.1, 0.15) is 39.5 Å². The van der Waals surface area contributed by atoms with E-state index in [1.54, 1.807) is 0 Å². The Morgan fingerprint density at radius 2 is 2.05 bits per heavy atom. The molecular weight excluding hydrogens is 305 g/mol. The summed E-state index contributed by atoms with van der Waals surface area (Å²) in [5.74, 6) is -2.57. The molecule has 1 N–H and O–H groups in total. The topological polar surface area (TPSA) is 65.0 Å². The highest BCUT2D eigenvalue weighted by atomic mass is 19.4. The van der Waals surface area contributed by atoms with Crippen LogP contribution in [0, 0.1) is 5.41 Å². The van der Waals surface area contributed by atoms with Crippen molar-refractivity contribution in [3.05, 3.63) is 0 Å². The van der Waals surface area contributed by atoms with Gasteiger partial charge in [0.05, 0.1) is 13.2 Å². The van der Waals surface area contributed by atoms with Crippen molar-refractivity contribution in [2.24, 2.45) is 5.41 Å². The predicted octanol–water partition coefficient (Wildman–Crippen LogP) is 2.16. The van der Waals surface area contributed by atoms with Crippen molar-refractivity contribution in [2.75, 3.05) is 13.2 Å². The number of hydrogen-bond acceptors (Lipinski definition) is 5. The summed E-state index contributed by atoms with van der Waals surface area (Å²) in [5.41, 5.74) is -2.60. The minimum absolute atomic E-state index is 0.132. The first-order valence-corrected chi connectivity index (χ1v) is 7.33. The highest BCUT2D eigenvalue weighted by Gasteiger charge is 2.57. The smallest absolute Gasteiger partial charge is 0.404 e. The lowest BCUT2D eigenvalue weighted by atomic mass is 9.89. The lowest BCUT2D eigenvalue weighted by Crippen LogP contribution is -2.51. The van der Waals surface area contributed by atoms with Gasteiger partial charge in [0.15, 0.2) is 11.5 Å². The number of hydrogen-bond donors (Lipinski definition) is 1. The molecule has 1 saturated heterocycles. The second-order valence-corrected chi connectivity index (χ2v) is 6.31. The summed E-state index contributed by atoms with van der Waals surface area (Å²) in [7, 11) is 0. The van der Waals surface area contributed by atoms with Crippen LogP contribution >= 0.6 is 0 Å². The molecule has 0 amide bonds. The van der Waals surface area contributed by atoms with Crippen LogP contribution in [0.5, 0.6) is 0 Å². The van der Waals surface area contributed by atoms with E-state index in [-0.39, 0.29) is 13.2 Å². The van der Waals surface area contributed by atoms with E-state index in [0.29, 0.717) is 19.3 Å². The van der Waals surface area contributed by atoms with Crippen molar-refractivity contribution in [2.45, 2.75) is 63.7 Å². The molecule has 2 rings (SSSR count). The molecule has 0 radical (unpaired) electrons. The zero-order valence-corrected chi connectivity index (χ0v) is 12.6. The zero-order chi connectivity index (χ0) is 16.6. The SMILES string of the molecule is CC(C)(C(=O)OC1CCCCC12OCC(CO)O2)C(F)(F)F. The molecule has 3 atom stereocenters. The summed E-state index contributed by atoms with van der Waals surface area (Å²) in [4.78, 5) is 12.0. The number of carbonyl (C=O) groups is 1. The molecule has 5 nitrogen and oxygen atoms in total. The van der Waals surface area contributed by atoms with Crippen LogP contribution in [0.4, 0.5) is 13.2 Å². The number of alkyl halides is 3. The first-order valence-electron chi connectivity index (χ1n) is 7.33. The van der Waals surface area contributed by atoms with Gasteiger partial charge in [0.1, 0.15) is 6.10 Å². The average Bonchev–Trinajstić information content (AvgIpc) is 2.84. The highest BCUT2D eigenvalue weighted by molar-refractivity contribution is 5.77. The molecule has 0 aromatic carbocycles. The van der Waals surface area contributed by atoms with Crippen LogP contribution in [0.3, 0.4) is 0 Å². The molecule has 0 aromatic rings. The van der Waals surface area contributed by atoms with E-state index < -0.39 is 35.6 Å². The molecule has 2 aliphatic rings. The molecule has 1 aliphatic carbocycles. The Morgan fingerprint density at radius 1 is 1.36 bits per heavy atom. The Bertz CT molecular complexity index is 423. The van der Waals surface area contributed by atoms with E-state index in [1.807, 2.05) is 0 Å². The standard InChI is InChI=1S/C14H21F3O5/c1-12(2,14(15,16)17)11(19)21-10-5-3-4-6-13(10)20-8-9(7-18)22-13/h9-10,18H,3-8H2,1-2H3. The molecule has 2 fully saturated rings. The van der Waals surface area contributed by atoms with E-state index >= 15 is 0 Å². The molecule has 1 heterocycles. The fourth-order valence-corrected chi connectivity index (χ4v) is 2.60. The summed E-state index contributed by atoms with van der Waals surface area (Å²) in [6.45, 7) is 1.46. The molecule has 1 aliphatic heterocycles. The summed E-state index contributed by atoms with van der Waals surface area (Å²) < 4.78 is 55.1. The number of aliphatic hydroxyl groups is 1. The van der Waals surface area contributed by atoms with E-state index in [9.17, 15) is 18.0 Å². The maximum atomic E-state index is 12.9. The summed E-state index contributed by atoms with van der Waals surface area (Å²) in [6, 6.07) is 0. The van der Waals surface area contributed by atoms with Crippen molar-refractivity contribution < 1.29 is 37.3 Å². The van der Waals surface area contributed by atoms with Gasteiger partial charge < -0.3 is 19.3 Å². The van der Waals surface area contributed by atoms with Crippen LogP contribution in [0.15, 0.2) is 0 Å². The minimum atomic E-state index is -4.70. The van der Waals surface area contributed by atoms with Crippen molar-refractivity contribution in [3.63, 3.8) is 0 Å².